The molecular weight excluding hydrogens is 456 g/mol. The van der Waals surface area contributed by atoms with Crippen LogP contribution in [0, 0.1) is 5.92 Å². The summed E-state index contributed by atoms with van der Waals surface area (Å²) in [4.78, 5) is 66.6. The van der Waals surface area contributed by atoms with E-state index in [-0.39, 0.29) is 24.5 Å². The van der Waals surface area contributed by atoms with Crippen LogP contribution in [-0.2, 0) is 30.4 Å². The molecule has 1 heterocycles. The summed E-state index contributed by atoms with van der Waals surface area (Å²) in [7, 11) is 0. The van der Waals surface area contributed by atoms with Crippen LogP contribution in [0.4, 0.5) is 0 Å². The van der Waals surface area contributed by atoms with Crippen molar-refractivity contribution < 1.29 is 34.2 Å². The zero-order chi connectivity index (χ0) is 25.1. The molecule has 0 bridgehead atoms. The number of rotatable bonds is 14. The molecule has 4 unspecified atom stereocenters. The molecule has 0 fully saturated rings. The standard InChI is InChI=1S/C19H30N6O7S/c1-9(2)15(20)18(30)25-13(7-33)17(29)23-11(3-4-14(26)27)16(28)24-12(19(31)32)5-10-6-21-8-22-10/h6,8-9,11-13,15,33H,3-5,7,20H2,1-2H3,(H,21,22)(H,23,29)(H,24,28)(H,25,30)(H,26,27)(H,31,32). The number of carbonyl (C=O) groups excluding carboxylic acids is 3. The highest BCUT2D eigenvalue weighted by Gasteiger charge is 2.30. The Morgan fingerprint density at radius 1 is 1.03 bits per heavy atom. The Morgan fingerprint density at radius 3 is 2.09 bits per heavy atom. The fourth-order valence-electron chi connectivity index (χ4n) is 2.66. The number of thiol groups is 1. The number of aliphatic carboxylic acids is 2. The lowest BCUT2D eigenvalue weighted by Gasteiger charge is -2.24. The van der Waals surface area contributed by atoms with Gasteiger partial charge in [0.25, 0.3) is 0 Å². The van der Waals surface area contributed by atoms with Crippen molar-refractivity contribution in [2.24, 2.45) is 11.7 Å². The summed E-state index contributed by atoms with van der Waals surface area (Å²) in [5, 5.41) is 25.5. The Labute approximate surface area is 195 Å². The summed E-state index contributed by atoms with van der Waals surface area (Å²) >= 11 is 4.04. The summed E-state index contributed by atoms with van der Waals surface area (Å²) in [6.45, 7) is 3.46. The van der Waals surface area contributed by atoms with E-state index in [9.17, 15) is 29.1 Å². The summed E-state index contributed by atoms with van der Waals surface area (Å²) in [5.41, 5.74) is 6.22. The molecule has 0 saturated carbocycles. The number of aromatic nitrogens is 2. The normalized spacial score (nSPS) is 14.6. The molecule has 0 aromatic carbocycles. The van der Waals surface area contributed by atoms with E-state index in [4.69, 9.17) is 10.8 Å². The van der Waals surface area contributed by atoms with Crippen LogP contribution >= 0.6 is 12.6 Å². The number of nitrogens with one attached hydrogen (secondary N) is 4. The number of carboxylic acids is 2. The molecule has 3 amide bonds. The summed E-state index contributed by atoms with van der Waals surface area (Å²) in [5.74, 6) is -5.12. The van der Waals surface area contributed by atoms with Crippen LogP contribution in [0.1, 0.15) is 32.4 Å². The van der Waals surface area contributed by atoms with Crippen molar-refractivity contribution in [3.05, 3.63) is 18.2 Å². The van der Waals surface area contributed by atoms with Crippen molar-refractivity contribution >= 4 is 42.3 Å². The Balaban J connectivity index is 2.92. The molecule has 1 aromatic heterocycles. The Bertz CT molecular complexity index is 833. The first-order valence-electron chi connectivity index (χ1n) is 10.2. The minimum atomic E-state index is -1.37. The van der Waals surface area contributed by atoms with Gasteiger partial charge in [0.1, 0.15) is 18.1 Å². The molecule has 1 aromatic rings. The molecule has 14 heteroatoms. The van der Waals surface area contributed by atoms with Gasteiger partial charge in [0.2, 0.25) is 17.7 Å². The van der Waals surface area contributed by atoms with Gasteiger partial charge in [0, 0.05) is 30.5 Å². The number of aromatic amines is 1. The minimum absolute atomic E-state index is 0.108. The van der Waals surface area contributed by atoms with Gasteiger partial charge < -0.3 is 36.9 Å². The van der Waals surface area contributed by atoms with Gasteiger partial charge in [0.05, 0.1) is 12.4 Å². The van der Waals surface area contributed by atoms with Gasteiger partial charge in [-0.3, -0.25) is 19.2 Å². The third-order valence-corrected chi connectivity index (χ3v) is 5.08. The zero-order valence-electron chi connectivity index (χ0n) is 18.3. The smallest absolute Gasteiger partial charge is 0.326 e. The first-order valence-corrected chi connectivity index (χ1v) is 10.8. The molecule has 0 spiro atoms. The van der Waals surface area contributed by atoms with E-state index in [0.29, 0.717) is 5.69 Å². The van der Waals surface area contributed by atoms with Gasteiger partial charge in [-0.25, -0.2) is 9.78 Å². The second-order valence-electron chi connectivity index (χ2n) is 7.69. The highest BCUT2D eigenvalue weighted by molar-refractivity contribution is 7.80. The van der Waals surface area contributed by atoms with Crippen LogP contribution in [0.2, 0.25) is 0 Å². The average Bonchev–Trinajstić information content (AvgIpc) is 3.26. The number of carboxylic acid groups (broad SMARTS) is 2. The zero-order valence-corrected chi connectivity index (χ0v) is 19.2. The maximum atomic E-state index is 12.7. The fourth-order valence-corrected chi connectivity index (χ4v) is 2.92. The van der Waals surface area contributed by atoms with Crippen LogP contribution in [0.15, 0.2) is 12.5 Å². The highest BCUT2D eigenvalue weighted by atomic mass is 32.1. The number of amides is 3. The molecule has 184 valence electrons. The largest absolute Gasteiger partial charge is 0.481 e. The molecule has 0 radical (unpaired) electrons. The second kappa shape index (κ2) is 13.4. The molecule has 0 aliphatic heterocycles. The van der Waals surface area contributed by atoms with Crippen LogP contribution in [0.5, 0.6) is 0 Å². The van der Waals surface area contributed by atoms with E-state index in [2.05, 4.69) is 38.5 Å². The van der Waals surface area contributed by atoms with Gasteiger partial charge in [-0.2, -0.15) is 12.6 Å². The number of carbonyl (C=O) groups is 5. The molecular formula is C19H30N6O7S. The number of imidazole rings is 1. The molecule has 8 N–H and O–H groups in total. The first kappa shape index (κ1) is 27.9. The van der Waals surface area contributed by atoms with E-state index >= 15 is 0 Å². The van der Waals surface area contributed by atoms with Crippen LogP contribution in [-0.4, -0.2) is 79.8 Å². The molecule has 0 aliphatic carbocycles. The number of hydrogen-bond acceptors (Lipinski definition) is 8. The Kier molecular flexibility index (Phi) is 11.4. The van der Waals surface area contributed by atoms with Crippen molar-refractivity contribution in [2.75, 3.05) is 5.75 Å². The Hall–Kier alpha value is -3.13. The predicted octanol–water partition coefficient (Wildman–Crippen LogP) is -1.73. The monoisotopic (exact) mass is 486 g/mol. The van der Waals surface area contributed by atoms with Crippen LogP contribution in [0.25, 0.3) is 0 Å². The van der Waals surface area contributed by atoms with Gasteiger partial charge >= 0.3 is 11.9 Å². The van der Waals surface area contributed by atoms with Crippen molar-refractivity contribution in [3.8, 4) is 0 Å². The summed E-state index contributed by atoms with van der Waals surface area (Å²) in [6, 6.07) is -4.74. The van der Waals surface area contributed by atoms with Crippen molar-refractivity contribution in [2.45, 2.75) is 57.3 Å². The summed E-state index contributed by atoms with van der Waals surface area (Å²) < 4.78 is 0. The first-order chi connectivity index (χ1) is 15.5. The lowest BCUT2D eigenvalue weighted by Crippen LogP contribution is -2.58. The van der Waals surface area contributed by atoms with E-state index in [1.165, 1.54) is 12.5 Å². The van der Waals surface area contributed by atoms with E-state index in [1.54, 1.807) is 13.8 Å². The SMILES string of the molecule is CC(C)C(N)C(=O)NC(CS)C(=O)NC(CCC(=O)O)C(=O)NC(Cc1cnc[nH]1)C(=O)O. The van der Waals surface area contributed by atoms with Gasteiger partial charge in [-0.15, -0.1) is 0 Å². The van der Waals surface area contributed by atoms with Crippen molar-refractivity contribution in [3.63, 3.8) is 0 Å². The maximum absolute atomic E-state index is 12.7. The topological polar surface area (TPSA) is 217 Å². The third kappa shape index (κ3) is 9.49. The molecule has 0 saturated heterocycles. The van der Waals surface area contributed by atoms with E-state index in [1.807, 2.05) is 0 Å². The molecule has 0 aliphatic rings. The number of H-pyrrole nitrogens is 1. The fraction of sp³-hybridized carbons (Fsp3) is 0.579. The molecule has 33 heavy (non-hydrogen) atoms. The van der Waals surface area contributed by atoms with Crippen molar-refractivity contribution in [1.29, 1.82) is 0 Å². The van der Waals surface area contributed by atoms with Crippen molar-refractivity contribution in [1.82, 2.24) is 25.9 Å². The average molecular weight is 487 g/mol. The van der Waals surface area contributed by atoms with E-state index in [0.717, 1.165) is 0 Å². The number of hydrogen-bond donors (Lipinski definition) is 8. The number of nitrogens with two attached hydrogens (primary N) is 1. The van der Waals surface area contributed by atoms with Gasteiger partial charge in [0.15, 0.2) is 0 Å². The lowest BCUT2D eigenvalue weighted by atomic mass is 10.0. The molecule has 13 nitrogen and oxygen atoms in total. The summed E-state index contributed by atoms with van der Waals surface area (Å²) in [6.07, 6.45) is 1.87. The van der Waals surface area contributed by atoms with Crippen LogP contribution < -0.4 is 21.7 Å². The highest BCUT2D eigenvalue weighted by Crippen LogP contribution is 2.05. The van der Waals surface area contributed by atoms with Gasteiger partial charge in [-0.1, -0.05) is 13.8 Å². The van der Waals surface area contributed by atoms with Crippen LogP contribution in [0.3, 0.4) is 0 Å². The quantitative estimate of drug-likeness (QED) is 0.140. The predicted molar refractivity (Wildman–Crippen MR) is 119 cm³/mol. The number of nitrogens with zero attached hydrogens (tertiary/aromatic N) is 1. The molecule has 4 atom stereocenters. The second-order valence-corrected chi connectivity index (χ2v) is 8.05. The van der Waals surface area contributed by atoms with Gasteiger partial charge in [-0.05, 0) is 12.3 Å². The maximum Gasteiger partial charge on any atom is 0.326 e. The lowest BCUT2D eigenvalue weighted by molar-refractivity contribution is -0.143. The van der Waals surface area contributed by atoms with E-state index < -0.39 is 60.2 Å². The third-order valence-electron chi connectivity index (χ3n) is 4.71. The molecule has 1 rings (SSSR count). The minimum Gasteiger partial charge on any atom is -0.481 e. The Morgan fingerprint density at radius 2 is 1.61 bits per heavy atom.